The van der Waals surface area contributed by atoms with Gasteiger partial charge in [0.1, 0.15) is 0 Å². The van der Waals surface area contributed by atoms with Gasteiger partial charge in [-0.3, -0.25) is 0 Å². The number of hydrogen-bond acceptors (Lipinski definition) is 5. The van der Waals surface area contributed by atoms with Crippen molar-refractivity contribution in [1.82, 2.24) is 20.0 Å². The van der Waals surface area contributed by atoms with Gasteiger partial charge in [0.2, 0.25) is 11.8 Å². The quantitative estimate of drug-likeness (QED) is 0.570. The van der Waals surface area contributed by atoms with Crippen LogP contribution in [0.25, 0.3) is 17.1 Å². The summed E-state index contributed by atoms with van der Waals surface area (Å²) >= 11 is 0. The summed E-state index contributed by atoms with van der Waals surface area (Å²) in [4.78, 5) is 0. The second kappa shape index (κ2) is 7.23. The summed E-state index contributed by atoms with van der Waals surface area (Å²) in [6.45, 7) is 2.69. The number of hydrogen-bond donors (Lipinski definition) is 1. The molecular weight excluding hydrogens is 326 g/mol. The lowest BCUT2D eigenvalue weighted by Gasteiger charge is -2.05. The van der Waals surface area contributed by atoms with Gasteiger partial charge in [0, 0.05) is 36.0 Å². The molecule has 0 spiro atoms. The zero-order valence-electron chi connectivity index (χ0n) is 14.5. The van der Waals surface area contributed by atoms with Gasteiger partial charge in [-0.2, -0.15) is 5.10 Å². The molecule has 130 valence electrons. The molecule has 0 aliphatic heterocycles. The maximum Gasteiger partial charge on any atom is 0.247 e. The molecule has 0 saturated heterocycles. The van der Waals surface area contributed by atoms with E-state index in [2.05, 4.69) is 20.6 Å². The van der Waals surface area contributed by atoms with Crippen LogP contribution in [0.15, 0.2) is 71.4 Å². The lowest BCUT2D eigenvalue weighted by molar-refractivity contribution is 0.513. The lowest BCUT2D eigenvalue weighted by atomic mass is 10.2. The van der Waals surface area contributed by atoms with Crippen LogP contribution in [0.5, 0.6) is 0 Å². The Labute approximate surface area is 151 Å². The minimum Gasteiger partial charge on any atom is -0.421 e. The fourth-order valence-electron chi connectivity index (χ4n) is 2.62. The third-order valence-corrected chi connectivity index (χ3v) is 4.05. The molecule has 0 bridgehead atoms. The normalized spacial score (nSPS) is 10.8. The van der Waals surface area contributed by atoms with Crippen LogP contribution in [0.4, 0.5) is 5.69 Å². The second-order valence-corrected chi connectivity index (χ2v) is 5.91. The minimum atomic E-state index is 0.553. The topological polar surface area (TPSA) is 68.8 Å². The maximum absolute atomic E-state index is 5.58. The molecule has 4 aromatic rings. The predicted molar refractivity (Wildman–Crippen MR) is 100 cm³/mol. The fraction of sp³-hybridized carbons (Fsp3) is 0.150. The summed E-state index contributed by atoms with van der Waals surface area (Å²) in [6, 6.07) is 18.0. The Morgan fingerprint density at radius 1 is 1.00 bits per heavy atom. The summed E-state index contributed by atoms with van der Waals surface area (Å²) in [7, 11) is 0. The molecule has 2 aromatic heterocycles. The van der Waals surface area contributed by atoms with E-state index in [4.69, 9.17) is 4.42 Å². The molecule has 0 saturated carbocycles. The van der Waals surface area contributed by atoms with Crippen LogP contribution in [0.3, 0.4) is 0 Å². The number of benzene rings is 2. The van der Waals surface area contributed by atoms with E-state index in [9.17, 15) is 0 Å². The number of anilines is 1. The predicted octanol–water partition coefficient (Wildman–Crippen LogP) is 4.10. The molecule has 0 radical (unpaired) electrons. The van der Waals surface area contributed by atoms with E-state index < -0.39 is 0 Å². The molecular formula is C20H19N5O. The van der Waals surface area contributed by atoms with E-state index in [0.29, 0.717) is 18.3 Å². The molecule has 6 heteroatoms. The first-order chi connectivity index (χ1) is 12.8. The van der Waals surface area contributed by atoms with Crippen molar-refractivity contribution in [2.75, 3.05) is 5.32 Å². The summed E-state index contributed by atoms with van der Waals surface area (Å²) in [6.07, 6.45) is 4.64. The van der Waals surface area contributed by atoms with Crippen LogP contribution in [-0.2, 0) is 13.0 Å². The zero-order valence-corrected chi connectivity index (χ0v) is 14.5. The highest BCUT2D eigenvalue weighted by Crippen LogP contribution is 2.21. The van der Waals surface area contributed by atoms with E-state index in [1.165, 1.54) is 0 Å². The molecule has 0 aliphatic rings. The summed E-state index contributed by atoms with van der Waals surface area (Å²) in [5, 5.41) is 15.9. The molecule has 4 rings (SSSR count). The summed E-state index contributed by atoms with van der Waals surface area (Å²) in [5.41, 5.74) is 4.10. The fourth-order valence-corrected chi connectivity index (χ4v) is 2.62. The minimum absolute atomic E-state index is 0.553. The maximum atomic E-state index is 5.58. The van der Waals surface area contributed by atoms with Gasteiger partial charge in [-0.25, -0.2) is 4.68 Å². The molecule has 0 amide bonds. The Bertz CT molecular complexity index is 973. The first-order valence-electron chi connectivity index (χ1n) is 8.57. The van der Waals surface area contributed by atoms with E-state index in [-0.39, 0.29) is 0 Å². The SMILES string of the molecule is CCc1nnc(-c2ccc(NCc3cnn(-c4ccccc4)c3)cc2)o1. The van der Waals surface area contributed by atoms with Crippen molar-refractivity contribution in [3.05, 3.63) is 78.4 Å². The van der Waals surface area contributed by atoms with Crippen LogP contribution in [0.1, 0.15) is 18.4 Å². The number of nitrogens with one attached hydrogen (secondary N) is 1. The van der Waals surface area contributed by atoms with Crippen LogP contribution in [-0.4, -0.2) is 20.0 Å². The molecule has 6 nitrogen and oxygen atoms in total. The number of para-hydroxylation sites is 1. The van der Waals surface area contributed by atoms with Gasteiger partial charge in [0.15, 0.2) is 0 Å². The third-order valence-electron chi connectivity index (χ3n) is 4.05. The average Bonchev–Trinajstić information content (AvgIpc) is 3.37. The lowest BCUT2D eigenvalue weighted by Crippen LogP contribution is -1.98. The van der Waals surface area contributed by atoms with Crippen LogP contribution in [0, 0.1) is 0 Å². The summed E-state index contributed by atoms with van der Waals surface area (Å²) in [5.74, 6) is 1.20. The molecule has 2 heterocycles. The highest BCUT2D eigenvalue weighted by Gasteiger charge is 2.07. The number of aromatic nitrogens is 4. The molecule has 0 fully saturated rings. The largest absolute Gasteiger partial charge is 0.421 e. The van der Waals surface area contributed by atoms with Gasteiger partial charge in [-0.15, -0.1) is 10.2 Å². The zero-order chi connectivity index (χ0) is 17.8. The van der Waals surface area contributed by atoms with E-state index in [0.717, 1.165) is 28.9 Å². The second-order valence-electron chi connectivity index (χ2n) is 5.91. The van der Waals surface area contributed by atoms with Crippen LogP contribution >= 0.6 is 0 Å². The molecule has 2 aromatic carbocycles. The Balaban J connectivity index is 1.40. The van der Waals surface area contributed by atoms with Crippen molar-refractivity contribution < 1.29 is 4.42 Å². The molecule has 0 aliphatic carbocycles. The van der Waals surface area contributed by atoms with E-state index in [1.54, 1.807) is 0 Å². The average molecular weight is 345 g/mol. The van der Waals surface area contributed by atoms with Gasteiger partial charge in [-0.05, 0) is 36.4 Å². The van der Waals surface area contributed by atoms with Crippen molar-refractivity contribution in [3.8, 4) is 17.1 Å². The molecule has 26 heavy (non-hydrogen) atoms. The number of aryl methyl sites for hydroxylation is 1. The van der Waals surface area contributed by atoms with Crippen LogP contribution in [0.2, 0.25) is 0 Å². The molecule has 0 atom stereocenters. The Hall–Kier alpha value is -3.41. The van der Waals surface area contributed by atoms with Gasteiger partial charge in [-0.1, -0.05) is 25.1 Å². The van der Waals surface area contributed by atoms with Crippen molar-refractivity contribution in [2.24, 2.45) is 0 Å². The van der Waals surface area contributed by atoms with Crippen molar-refractivity contribution >= 4 is 5.69 Å². The van der Waals surface area contributed by atoms with Gasteiger partial charge in [0.05, 0.1) is 11.9 Å². The van der Waals surface area contributed by atoms with Crippen LogP contribution < -0.4 is 5.32 Å². The number of rotatable bonds is 6. The Kier molecular flexibility index (Phi) is 4.47. The summed E-state index contributed by atoms with van der Waals surface area (Å²) < 4.78 is 7.46. The van der Waals surface area contributed by atoms with E-state index in [1.807, 2.05) is 78.6 Å². The smallest absolute Gasteiger partial charge is 0.247 e. The van der Waals surface area contributed by atoms with Crippen molar-refractivity contribution in [3.63, 3.8) is 0 Å². The van der Waals surface area contributed by atoms with Crippen molar-refractivity contribution in [1.29, 1.82) is 0 Å². The standard InChI is InChI=1S/C20H19N5O/c1-2-19-23-24-20(26-19)16-8-10-17(11-9-16)21-12-15-13-22-25(14-15)18-6-4-3-5-7-18/h3-11,13-14,21H,2,12H2,1H3. The van der Waals surface area contributed by atoms with Crippen molar-refractivity contribution in [2.45, 2.75) is 19.9 Å². The highest BCUT2D eigenvalue weighted by molar-refractivity contribution is 5.58. The molecule has 1 N–H and O–H groups in total. The first-order valence-corrected chi connectivity index (χ1v) is 8.57. The Morgan fingerprint density at radius 2 is 1.81 bits per heavy atom. The molecule has 0 unspecified atom stereocenters. The first kappa shape index (κ1) is 16.1. The third kappa shape index (κ3) is 3.49. The van der Waals surface area contributed by atoms with Gasteiger partial charge < -0.3 is 9.73 Å². The highest BCUT2D eigenvalue weighted by atomic mass is 16.4. The number of nitrogens with zero attached hydrogens (tertiary/aromatic N) is 4. The van der Waals surface area contributed by atoms with Gasteiger partial charge >= 0.3 is 0 Å². The van der Waals surface area contributed by atoms with E-state index >= 15 is 0 Å². The monoisotopic (exact) mass is 345 g/mol. The van der Waals surface area contributed by atoms with Gasteiger partial charge in [0.25, 0.3) is 0 Å². The Morgan fingerprint density at radius 3 is 2.54 bits per heavy atom.